The lowest BCUT2D eigenvalue weighted by Crippen LogP contribution is -2.04. The number of aromatic nitrogens is 1. The molecule has 3 rings (SSSR count). The summed E-state index contributed by atoms with van der Waals surface area (Å²) in [5.41, 5.74) is 8.61. The first-order chi connectivity index (χ1) is 9.74. The number of nitrogens with one attached hydrogen (secondary N) is 1. The molecule has 0 radical (unpaired) electrons. The predicted octanol–water partition coefficient (Wildman–Crippen LogP) is 4.30. The maximum Gasteiger partial charge on any atom is 0.0951 e. The molecule has 3 aromatic rings. The molecule has 2 aromatic heterocycles. The zero-order valence-corrected chi connectivity index (χ0v) is 13.2. The SMILES string of the molecule is Nc1cccc2c(NCCc3ccc(Br)s3)ccnc12. The number of fused-ring (bicyclic) bond motifs is 1. The highest BCUT2D eigenvalue weighted by molar-refractivity contribution is 9.11. The second kappa shape index (κ2) is 5.81. The van der Waals surface area contributed by atoms with E-state index in [4.69, 9.17) is 5.73 Å². The minimum absolute atomic E-state index is 0.716. The van der Waals surface area contributed by atoms with Gasteiger partial charge in [-0.1, -0.05) is 12.1 Å². The Balaban J connectivity index is 1.76. The van der Waals surface area contributed by atoms with Crippen LogP contribution in [0.4, 0.5) is 11.4 Å². The van der Waals surface area contributed by atoms with Crippen molar-refractivity contribution in [3.05, 3.63) is 51.3 Å². The van der Waals surface area contributed by atoms with Gasteiger partial charge in [-0.25, -0.2) is 0 Å². The van der Waals surface area contributed by atoms with Crippen LogP contribution in [0, 0.1) is 0 Å². The van der Waals surface area contributed by atoms with Gasteiger partial charge in [-0.2, -0.15) is 0 Å². The molecule has 0 fully saturated rings. The van der Waals surface area contributed by atoms with Gasteiger partial charge in [-0.3, -0.25) is 4.98 Å². The summed E-state index contributed by atoms with van der Waals surface area (Å²) in [7, 11) is 0. The third kappa shape index (κ3) is 2.78. The van der Waals surface area contributed by atoms with E-state index in [1.807, 2.05) is 24.3 Å². The minimum Gasteiger partial charge on any atom is -0.397 e. The van der Waals surface area contributed by atoms with Gasteiger partial charge in [0.25, 0.3) is 0 Å². The zero-order valence-electron chi connectivity index (χ0n) is 10.8. The first-order valence-corrected chi connectivity index (χ1v) is 7.96. The molecule has 0 saturated carbocycles. The molecule has 1 aromatic carbocycles. The number of benzene rings is 1. The Kier molecular flexibility index (Phi) is 3.89. The number of halogens is 1. The van der Waals surface area contributed by atoms with Crippen molar-refractivity contribution in [2.24, 2.45) is 0 Å². The Morgan fingerprint density at radius 3 is 2.90 bits per heavy atom. The number of nitrogens with two attached hydrogens (primary N) is 1. The van der Waals surface area contributed by atoms with E-state index < -0.39 is 0 Å². The van der Waals surface area contributed by atoms with Crippen molar-refractivity contribution in [2.45, 2.75) is 6.42 Å². The molecule has 0 aliphatic rings. The Morgan fingerprint density at radius 2 is 2.10 bits per heavy atom. The van der Waals surface area contributed by atoms with Crippen molar-refractivity contribution in [2.75, 3.05) is 17.6 Å². The molecule has 0 amide bonds. The van der Waals surface area contributed by atoms with Crippen molar-refractivity contribution < 1.29 is 0 Å². The van der Waals surface area contributed by atoms with Gasteiger partial charge in [0, 0.05) is 28.7 Å². The van der Waals surface area contributed by atoms with Crippen LogP contribution in [0.5, 0.6) is 0 Å². The fourth-order valence-corrected chi connectivity index (χ4v) is 3.64. The highest BCUT2D eigenvalue weighted by atomic mass is 79.9. The van der Waals surface area contributed by atoms with Gasteiger partial charge >= 0.3 is 0 Å². The van der Waals surface area contributed by atoms with Crippen molar-refractivity contribution in [1.82, 2.24) is 4.98 Å². The van der Waals surface area contributed by atoms with Crippen LogP contribution in [0.3, 0.4) is 0 Å². The van der Waals surface area contributed by atoms with E-state index in [-0.39, 0.29) is 0 Å². The first kappa shape index (κ1) is 13.4. The van der Waals surface area contributed by atoms with Gasteiger partial charge in [0.05, 0.1) is 15.0 Å². The van der Waals surface area contributed by atoms with Gasteiger partial charge in [-0.05, 0) is 46.6 Å². The van der Waals surface area contributed by atoms with Crippen molar-refractivity contribution >= 4 is 49.5 Å². The number of nitrogen functional groups attached to an aromatic ring is 1. The molecule has 102 valence electrons. The molecule has 3 nitrogen and oxygen atoms in total. The van der Waals surface area contributed by atoms with Crippen LogP contribution < -0.4 is 11.1 Å². The van der Waals surface area contributed by atoms with E-state index in [0.717, 1.165) is 29.6 Å². The second-order valence-electron chi connectivity index (χ2n) is 4.48. The molecule has 0 saturated heterocycles. The summed E-state index contributed by atoms with van der Waals surface area (Å²) in [6.07, 6.45) is 2.80. The molecule has 0 aliphatic heterocycles. The summed E-state index contributed by atoms with van der Waals surface area (Å²) in [4.78, 5) is 5.71. The summed E-state index contributed by atoms with van der Waals surface area (Å²) in [6.45, 7) is 0.890. The number of anilines is 2. The molecule has 2 heterocycles. The van der Waals surface area contributed by atoms with Gasteiger partial charge in [0.1, 0.15) is 0 Å². The molecule has 0 atom stereocenters. The van der Waals surface area contributed by atoms with E-state index in [9.17, 15) is 0 Å². The summed E-state index contributed by atoms with van der Waals surface area (Å²) in [5.74, 6) is 0. The predicted molar refractivity (Wildman–Crippen MR) is 90.4 cm³/mol. The monoisotopic (exact) mass is 347 g/mol. The van der Waals surface area contributed by atoms with E-state index in [0.29, 0.717) is 5.69 Å². The molecular formula is C15H14BrN3S. The molecule has 3 N–H and O–H groups in total. The van der Waals surface area contributed by atoms with Crippen LogP contribution in [0.25, 0.3) is 10.9 Å². The summed E-state index contributed by atoms with van der Waals surface area (Å²) in [6, 6.07) is 12.1. The van der Waals surface area contributed by atoms with Crippen LogP contribution in [0.2, 0.25) is 0 Å². The van der Waals surface area contributed by atoms with Gasteiger partial charge in [0.15, 0.2) is 0 Å². The lowest BCUT2D eigenvalue weighted by Gasteiger charge is -2.09. The summed E-state index contributed by atoms with van der Waals surface area (Å²) in [5, 5.41) is 4.54. The average molecular weight is 348 g/mol. The molecular weight excluding hydrogens is 334 g/mol. The third-order valence-electron chi connectivity index (χ3n) is 3.12. The Morgan fingerprint density at radius 1 is 1.20 bits per heavy atom. The topological polar surface area (TPSA) is 50.9 Å². The van der Waals surface area contributed by atoms with Crippen molar-refractivity contribution in [3.8, 4) is 0 Å². The van der Waals surface area contributed by atoms with Gasteiger partial charge in [-0.15, -0.1) is 11.3 Å². The largest absolute Gasteiger partial charge is 0.397 e. The minimum atomic E-state index is 0.716. The van der Waals surface area contributed by atoms with E-state index >= 15 is 0 Å². The number of pyridine rings is 1. The zero-order chi connectivity index (χ0) is 13.9. The quantitative estimate of drug-likeness (QED) is 0.692. The number of rotatable bonds is 4. The Bertz CT molecular complexity index is 739. The molecule has 0 spiro atoms. The lowest BCUT2D eigenvalue weighted by atomic mass is 10.1. The standard InChI is InChI=1S/C15H14BrN3S/c16-14-5-4-10(20-14)6-8-18-13-7-9-19-15-11(13)2-1-3-12(15)17/h1-5,7,9H,6,8,17H2,(H,18,19). The smallest absolute Gasteiger partial charge is 0.0951 e. The van der Waals surface area contributed by atoms with Crippen molar-refractivity contribution in [3.63, 3.8) is 0 Å². The van der Waals surface area contributed by atoms with E-state index in [2.05, 4.69) is 38.4 Å². The maximum absolute atomic E-state index is 5.95. The highest BCUT2D eigenvalue weighted by Gasteiger charge is 2.04. The van der Waals surface area contributed by atoms with Gasteiger partial charge in [0.2, 0.25) is 0 Å². The number of thiophene rings is 1. The van der Waals surface area contributed by atoms with Crippen LogP contribution in [-0.4, -0.2) is 11.5 Å². The Labute approximate surface area is 130 Å². The molecule has 0 aliphatic carbocycles. The number of nitrogens with zero attached hydrogens (tertiary/aromatic N) is 1. The van der Waals surface area contributed by atoms with E-state index in [1.54, 1.807) is 17.5 Å². The summed E-state index contributed by atoms with van der Waals surface area (Å²) < 4.78 is 1.18. The van der Waals surface area contributed by atoms with E-state index in [1.165, 1.54) is 8.66 Å². The van der Waals surface area contributed by atoms with Crippen molar-refractivity contribution in [1.29, 1.82) is 0 Å². The van der Waals surface area contributed by atoms with Crippen LogP contribution in [-0.2, 0) is 6.42 Å². The average Bonchev–Trinajstić information content (AvgIpc) is 2.86. The first-order valence-electron chi connectivity index (χ1n) is 6.35. The van der Waals surface area contributed by atoms with Crippen LogP contribution in [0.15, 0.2) is 46.4 Å². The number of hydrogen-bond donors (Lipinski definition) is 2. The van der Waals surface area contributed by atoms with Crippen LogP contribution in [0.1, 0.15) is 4.88 Å². The normalized spacial score (nSPS) is 10.8. The van der Waals surface area contributed by atoms with Gasteiger partial charge < -0.3 is 11.1 Å². The highest BCUT2D eigenvalue weighted by Crippen LogP contribution is 2.26. The third-order valence-corrected chi connectivity index (χ3v) is 4.80. The summed E-state index contributed by atoms with van der Waals surface area (Å²) >= 11 is 5.26. The molecule has 0 bridgehead atoms. The molecule has 20 heavy (non-hydrogen) atoms. The maximum atomic E-state index is 5.95. The molecule has 5 heteroatoms. The number of para-hydroxylation sites is 1. The molecule has 0 unspecified atom stereocenters. The second-order valence-corrected chi connectivity index (χ2v) is 7.03. The fourth-order valence-electron chi connectivity index (χ4n) is 2.16. The number of hydrogen-bond acceptors (Lipinski definition) is 4. The lowest BCUT2D eigenvalue weighted by molar-refractivity contribution is 1.05. The fraction of sp³-hybridized carbons (Fsp3) is 0.133. The Hall–Kier alpha value is -1.59. The van der Waals surface area contributed by atoms with Crippen LogP contribution >= 0.6 is 27.3 Å².